The van der Waals surface area contributed by atoms with Crippen LogP contribution in [-0.4, -0.2) is 43.1 Å². The number of aromatic nitrogens is 2. The Hall–Kier alpha value is -4.50. The van der Waals surface area contributed by atoms with E-state index in [1.807, 2.05) is 73.8 Å². The average molecular weight is 507 g/mol. The largest absolute Gasteiger partial charge is 0.492 e. The van der Waals surface area contributed by atoms with Gasteiger partial charge < -0.3 is 9.30 Å². The number of hydrogen-bond donors (Lipinski definition) is 1. The maximum Gasteiger partial charge on any atom is 0.283 e. The molecule has 4 heterocycles. The van der Waals surface area contributed by atoms with Crippen molar-refractivity contribution in [2.45, 2.75) is 13.5 Å². The van der Waals surface area contributed by atoms with E-state index >= 15 is 0 Å². The molecule has 2 aliphatic rings. The first-order valence-electron chi connectivity index (χ1n) is 11.7. The second-order valence-corrected chi connectivity index (χ2v) is 9.58. The minimum absolute atomic E-state index is 0.000928. The van der Waals surface area contributed by atoms with Crippen LogP contribution in [0.2, 0.25) is 0 Å². The van der Waals surface area contributed by atoms with Gasteiger partial charge in [0.15, 0.2) is 5.84 Å². The molecule has 0 saturated carbocycles. The van der Waals surface area contributed by atoms with Gasteiger partial charge in [0.2, 0.25) is 5.17 Å². The summed E-state index contributed by atoms with van der Waals surface area (Å²) < 4.78 is 8.06. The van der Waals surface area contributed by atoms with Gasteiger partial charge in [-0.2, -0.15) is 15.1 Å². The number of fused-ring (bicyclic) bond motifs is 2. The second kappa shape index (κ2) is 9.51. The molecule has 0 fully saturated rings. The van der Waals surface area contributed by atoms with Crippen molar-refractivity contribution in [1.29, 1.82) is 5.41 Å². The molecule has 6 rings (SSSR count). The molecule has 182 valence electrons. The zero-order valence-electron chi connectivity index (χ0n) is 20.0. The van der Waals surface area contributed by atoms with Crippen LogP contribution in [0.1, 0.15) is 16.7 Å². The van der Waals surface area contributed by atoms with Crippen molar-refractivity contribution < 1.29 is 9.53 Å². The fraction of sp³-hybridized carbons (Fsp3) is 0.107. The Morgan fingerprint density at radius 1 is 1.11 bits per heavy atom. The predicted octanol–water partition coefficient (Wildman–Crippen LogP) is 5.09. The highest BCUT2D eigenvalue weighted by molar-refractivity contribution is 8.27. The van der Waals surface area contributed by atoms with Crippen molar-refractivity contribution in [2.75, 3.05) is 6.61 Å². The zero-order valence-corrected chi connectivity index (χ0v) is 20.8. The molecule has 2 aromatic heterocycles. The maximum atomic E-state index is 13.0. The normalized spacial score (nSPS) is 16.2. The summed E-state index contributed by atoms with van der Waals surface area (Å²) in [5, 5.41) is 16.7. The number of carbonyl (C=O) groups excluding carboxylic acids is 1. The molecule has 1 amide bonds. The molecule has 0 atom stereocenters. The van der Waals surface area contributed by atoms with E-state index in [-0.39, 0.29) is 11.4 Å². The van der Waals surface area contributed by atoms with Crippen LogP contribution in [0.15, 0.2) is 94.9 Å². The molecule has 2 aliphatic heterocycles. The number of para-hydroxylation sites is 1. The number of carbonyl (C=O) groups is 1. The highest BCUT2D eigenvalue weighted by atomic mass is 32.2. The number of hydrazone groups is 1. The number of nitrogens with one attached hydrogen (secondary N) is 1. The van der Waals surface area contributed by atoms with Gasteiger partial charge in [0.25, 0.3) is 5.91 Å². The summed E-state index contributed by atoms with van der Waals surface area (Å²) in [6.07, 6.45) is 7.10. The van der Waals surface area contributed by atoms with E-state index in [9.17, 15) is 4.79 Å². The Kier molecular flexibility index (Phi) is 5.90. The van der Waals surface area contributed by atoms with Crippen molar-refractivity contribution in [3.8, 4) is 5.75 Å². The molecule has 0 saturated heterocycles. The Balaban J connectivity index is 1.28. The van der Waals surface area contributed by atoms with Crippen LogP contribution >= 0.6 is 11.8 Å². The number of thioether (sulfide) groups is 1. The van der Waals surface area contributed by atoms with Crippen LogP contribution in [0, 0.1) is 12.3 Å². The van der Waals surface area contributed by atoms with Crippen LogP contribution in [0.25, 0.3) is 17.0 Å². The minimum Gasteiger partial charge on any atom is -0.492 e. The van der Waals surface area contributed by atoms with Gasteiger partial charge in [-0.3, -0.25) is 15.2 Å². The highest BCUT2D eigenvalue weighted by Crippen LogP contribution is 2.32. The monoisotopic (exact) mass is 506 g/mol. The molecule has 8 nitrogen and oxygen atoms in total. The molecule has 0 spiro atoms. The van der Waals surface area contributed by atoms with Crippen molar-refractivity contribution in [3.63, 3.8) is 0 Å². The quantitative estimate of drug-likeness (QED) is 0.368. The number of nitrogens with zero attached hydrogens (tertiary/aromatic N) is 5. The number of hydrogen-bond acceptors (Lipinski definition) is 6. The van der Waals surface area contributed by atoms with E-state index in [2.05, 4.69) is 19.6 Å². The fourth-order valence-electron chi connectivity index (χ4n) is 4.30. The third kappa shape index (κ3) is 4.45. The predicted molar refractivity (Wildman–Crippen MR) is 147 cm³/mol. The van der Waals surface area contributed by atoms with Crippen molar-refractivity contribution in [2.24, 2.45) is 10.1 Å². The summed E-state index contributed by atoms with van der Waals surface area (Å²) >= 11 is 1.26. The van der Waals surface area contributed by atoms with Crippen LogP contribution in [-0.2, 0) is 11.3 Å². The number of aryl methyl sites for hydroxylation is 1. The van der Waals surface area contributed by atoms with Gasteiger partial charge in [-0.25, -0.2) is 0 Å². The molecule has 9 heteroatoms. The number of pyridine rings is 1. The first-order valence-corrected chi connectivity index (χ1v) is 12.6. The number of amides is 1. The lowest BCUT2D eigenvalue weighted by molar-refractivity contribution is -0.114. The fourth-order valence-corrected chi connectivity index (χ4v) is 5.18. The number of amidine groups is 2. The van der Waals surface area contributed by atoms with Gasteiger partial charge in [0, 0.05) is 40.6 Å². The van der Waals surface area contributed by atoms with E-state index in [0.717, 1.165) is 33.3 Å². The standard InChI is InChI=1S/C28H22N6O2S/c1-18-6-4-8-21(14-18)36-13-12-33-17-20(22-9-2-3-10-24(22)33)15-23-25(29)34-28(31-26(23)35)37-27(32-34)19-7-5-11-30-16-19/h2-11,14-17,29H,12-13H2,1H3/b23-15+,29-25?. The topological polar surface area (TPSA) is 95.9 Å². The van der Waals surface area contributed by atoms with E-state index < -0.39 is 5.91 Å². The number of benzene rings is 2. The summed E-state index contributed by atoms with van der Waals surface area (Å²) in [6.45, 7) is 3.17. The number of rotatable bonds is 6. The van der Waals surface area contributed by atoms with Gasteiger partial charge in [-0.1, -0.05) is 30.3 Å². The van der Waals surface area contributed by atoms with E-state index in [0.29, 0.717) is 23.4 Å². The number of aliphatic imine (C=N–C) groups is 1. The second-order valence-electron chi connectivity index (χ2n) is 8.63. The third-order valence-electron chi connectivity index (χ3n) is 6.07. The maximum absolute atomic E-state index is 13.0. The summed E-state index contributed by atoms with van der Waals surface area (Å²) in [5.41, 5.74) is 4.01. The summed E-state index contributed by atoms with van der Waals surface area (Å²) in [7, 11) is 0. The van der Waals surface area contributed by atoms with Crippen molar-refractivity contribution >= 4 is 50.7 Å². The molecule has 0 aliphatic carbocycles. The van der Waals surface area contributed by atoms with Gasteiger partial charge in [-0.05, 0) is 60.7 Å². The molecule has 2 aromatic carbocycles. The molecular formula is C28H22N6O2S. The van der Waals surface area contributed by atoms with Gasteiger partial charge in [0.1, 0.15) is 17.4 Å². The third-order valence-corrected chi connectivity index (χ3v) is 7.03. The Morgan fingerprint density at radius 2 is 2.00 bits per heavy atom. The first-order chi connectivity index (χ1) is 18.1. The number of ether oxygens (including phenoxy) is 1. The SMILES string of the molecule is Cc1cccc(OCCn2cc(/C=C3\C(=N)N4N=C(c5cccnc5)SC4=NC3=O)c3ccccc32)c1. The van der Waals surface area contributed by atoms with E-state index in [1.165, 1.54) is 16.8 Å². The Labute approximate surface area is 217 Å². The van der Waals surface area contributed by atoms with Crippen LogP contribution in [0.3, 0.4) is 0 Å². The summed E-state index contributed by atoms with van der Waals surface area (Å²) in [5.74, 6) is 0.385. The van der Waals surface area contributed by atoms with Gasteiger partial charge in [-0.15, -0.1) is 0 Å². The molecule has 37 heavy (non-hydrogen) atoms. The molecular weight excluding hydrogens is 484 g/mol. The van der Waals surface area contributed by atoms with Gasteiger partial charge in [0.05, 0.1) is 12.1 Å². The van der Waals surface area contributed by atoms with E-state index in [4.69, 9.17) is 10.1 Å². The molecule has 0 bridgehead atoms. The van der Waals surface area contributed by atoms with Gasteiger partial charge >= 0.3 is 0 Å². The van der Waals surface area contributed by atoms with Crippen LogP contribution in [0.5, 0.6) is 5.75 Å². The Bertz CT molecular complexity index is 1640. The summed E-state index contributed by atoms with van der Waals surface area (Å²) in [6, 6.07) is 19.7. The van der Waals surface area contributed by atoms with Crippen LogP contribution < -0.4 is 4.74 Å². The molecule has 1 N–H and O–H groups in total. The van der Waals surface area contributed by atoms with E-state index in [1.54, 1.807) is 18.5 Å². The lowest BCUT2D eigenvalue weighted by Gasteiger charge is -2.20. The lowest BCUT2D eigenvalue weighted by Crippen LogP contribution is -2.35. The minimum atomic E-state index is -0.453. The Morgan fingerprint density at radius 3 is 2.84 bits per heavy atom. The molecule has 0 unspecified atom stereocenters. The molecule has 0 radical (unpaired) electrons. The molecule has 4 aromatic rings. The average Bonchev–Trinajstić information content (AvgIpc) is 3.49. The van der Waals surface area contributed by atoms with Crippen molar-refractivity contribution in [3.05, 3.63) is 102 Å². The first kappa shape index (κ1) is 22.9. The van der Waals surface area contributed by atoms with Crippen LogP contribution in [0.4, 0.5) is 0 Å². The lowest BCUT2D eigenvalue weighted by atomic mass is 10.1. The van der Waals surface area contributed by atoms with Crippen molar-refractivity contribution in [1.82, 2.24) is 14.6 Å². The highest BCUT2D eigenvalue weighted by Gasteiger charge is 2.36. The zero-order chi connectivity index (χ0) is 25.4. The smallest absolute Gasteiger partial charge is 0.283 e. The summed E-state index contributed by atoms with van der Waals surface area (Å²) in [4.78, 5) is 21.3.